The van der Waals surface area contributed by atoms with Crippen molar-refractivity contribution in [3.8, 4) is 22.4 Å². The number of fused-ring (bicyclic) bond motifs is 6. The van der Waals surface area contributed by atoms with Gasteiger partial charge in [-0.25, -0.2) is 0 Å². The number of furan rings is 1. The van der Waals surface area contributed by atoms with Crippen LogP contribution >= 0.6 is 0 Å². The summed E-state index contributed by atoms with van der Waals surface area (Å²) >= 11 is 0. The quantitative estimate of drug-likeness (QED) is 0.230. The standard InChI is InChI=1S/C36H29NO/c1-36(2,3)22-23-15-16-37-32(17-23)27-19-30(24-9-5-4-6-10-24)35-31-18-26-14-13-25-11-7-8-12-28(25)29(26)21-33(31)38-34(35)20-27/h4-21H,22H2,1-3H3. The fourth-order valence-electron chi connectivity index (χ4n) is 5.75. The molecule has 0 aliphatic rings. The Morgan fingerprint density at radius 3 is 2.26 bits per heavy atom. The Kier molecular flexibility index (Phi) is 5.13. The molecule has 0 saturated carbocycles. The van der Waals surface area contributed by atoms with E-state index < -0.39 is 0 Å². The molecule has 2 nitrogen and oxygen atoms in total. The maximum atomic E-state index is 6.62. The summed E-state index contributed by atoms with van der Waals surface area (Å²) in [7, 11) is 0. The van der Waals surface area contributed by atoms with Gasteiger partial charge in [0.1, 0.15) is 11.2 Å². The third-order valence-corrected chi connectivity index (χ3v) is 7.38. The van der Waals surface area contributed by atoms with Gasteiger partial charge in [0.2, 0.25) is 0 Å². The van der Waals surface area contributed by atoms with Gasteiger partial charge >= 0.3 is 0 Å². The second-order valence-corrected chi connectivity index (χ2v) is 11.5. The minimum Gasteiger partial charge on any atom is -0.456 e. The molecule has 0 amide bonds. The normalized spacial score (nSPS) is 12.2. The van der Waals surface area contributed by atoms with Crippen LogP contribution in [-0.4, -0.2) is 4.98 Å². The van der Waals surface area contributed by atoms with Gasteiger partial charge in [0.25, 0.3) is 0 Å². The number of nitrogens with zero attached hydrogens (tertiary/aromatic N) is 1. The molecule has 7 rings (SSSR count). The summed E-state index contributed by atoms with van der Waals surface area (Å²) in [6.45, 7) is 6.82. The molecule has 0 unspecified atom stereocenters. The van der Waals surface area contributed by atoms with Crippen LogP contribution in [-0.2, 0) is 6.42 Å². The minimum atomic E-state index is 0.211. The van der Waals surface area contributed by atoms with Gasteiger partial charge in [0.15, 0.2) is 0 Å². The second kappa shape index (κ2) is 8.56. The van der Waals surface area contributed by atoms with Crippen molar-refractivity contribution in [2.24, 2.45) is 5.41 Å². The average molecular weight is 492 g/mol. The van der Waals surface area contributed by atoms with Crippen LogP contribution < -0.4 is 0 Å². The number of benzene rings is 5. The molecule has 0 atom stereocenters. The third-order valence-electron chi connectivity index (χ3n) is 7.38. The molecule has 0 aliphatic carbocycles. The van der Waals surface area contributed by atoms with Crippen molar-refractivity contribution in [1.82, 2.24) is 4.98 Å². The van der Waals surface area contributed by atoms with Crippen LogP contribution in [0.25, 0.3) is 65.9 Å². The van der Waals surface area contributed by atoms with Crippen LogP contribution in [0.2, 0.25) is 0 Å². The average Bonchev–Trinajstić information content (AvgIpc) is 3.28. The molecular formula is C36H29NO. The van der Waals surface area contributed by atoms with Gasteiger partial charge in [-0.3, -0.25) is 4.98 Å². The van der Waals surface area contributed by atoms with E-state index in [1.54, 1.807) is 0 Å². The van der Waals surface area contributed by atoms with Crippen LogP contribution in [0.1, 0.15) is 26.3 Å². The topological polar surface area (TPSA) is 26.0 Å². The van der Waals surface area contributed by atoms with Gasteiger partial charge in [-0.2, -0.15) is 0 Å². The Morgan fingerprint density at radius 2 is 1.42 bits per heavy atom. The van der Waals surface area contributed by atoms with Gasteiger partial charge in [-0.1, -0.05) is 87.5 Å². The van der Waals surface area contributed by atoms with Gasteiger partial charge in [0, 0.05) is 22.5 Å². The maximum Gasteiger partial charge on any atom is 0.136 e. The van der Waals surface area contributed by atoms with Crippen LogP contribution in [0.3, 0.4) is 0 Å². The highest BCUT2D eigenvalue weighted by atomic mass is 16.3. The van der Waals surface area contributed by atoms with Crippen molar-refractivity contribution in [2.45, 2.75) is 27.2 Å². The predicted octanol–water partition coefficient (Wildman–Crippen LogP) is 10.2. The Bertz CT molecular complexity index is 1970. The fraction of sp³-hybridized carbons (Fsp3) is 0.139. The zero-order valence-electron chi connectivity index (χ0n) is 22.0. The van der Waals surface area contributed by atoms with Crippen molar-refractivity contribution >= 4 is 43.5 Å². The fourth-order valence-corrected chi connectivity index (χ4v) is 5.75. The summed E-state index contributed by atoms with van der Waals surface area (Å²) in [5.74, 6) is 0. The minimum absolute atomic E-state index is 0.211. The van der Waals surface area contributed by atoms with E-state index in [2.05, 4.69) is 124 Å². The first-order chi connectivity index (χ1) is 18.4. The summed E-state index contributed by atoms with van der Waals surface area (Å²) in [5.41, 5.74) is 7.69. The van der Waals surface area contributed by atoms with Gasteiger partial charge < -0.3 is 4.42 Å². The Labute approximate surface area is 222 Å². The molecule has 0 saturated heterocycles. The maximum absolute atomic E-state index is 6.62. The number of aromatic nitrogens is 1. The summed E-state index contributed by atoms with van der Waals surface area (Å²) in [6.07, 6.45) is 2.93. The van der Waals surface area contributed by atoms with E-state index in [4.69, 9.17) is 9.40 Å². The van der Waals surface area contributed by atoms with E-state index in [1.807, 2.05) is 6.20 Å². The molecule has 38 heavy (non-hydrogen) atoms. The lowest BCUT2D eigenvalue weighted by atomic mass is 9.88. The Morgan fingerprint density at radius 1 is 0.632 bits per heavy atom. The van der Waals surface area contributed by atoms with E-state index in [0.717, 1.165) is 39.6 Å². The zero-order valence-corrected chi connectivity index (χ0v) is 22.0. The zero-order chi connectivity index (χ0) is 25.9. The van der Waals surface area contributed by atoms with Gasteiger partial charge in [-0.05, 0) is 86.5 Å². The highest BCUT2D eigenvalue weighted by Crippen LogP contribution is 2.42. The van der Waals surface area contributed by atoms with Gasteiger partial charge in [-0.15, -0.1) is 0 Å². The van der Waals surface area contributed by atoms with Crippen molar-refractivity contribution in [3.63, 3.8) is 0 Å². The van der Waals surface area contributed by atoms with Gasteiger partial charge in [0.05, 0.1) is 5.69 Å². The van der Waals surface area contributed by atoms with E-state index in [9.17, 15) is 0 Å². The van der Waals surface area contributed by atoms with Crippen LogP contribution in [0, 0.1) is 5.41 Å². The predicted molar refractivity (Wildman–Crippen MR) is 161 cm³/mol. The lowest BCUT2D eigenvalue weighted by Gasteiger charge is -2.18. The number of pyridine rings is 1. The third kappa shape index (κ3) is 3.94. The van der Waals surface area contributed by atoms with E-state index in [1.165, 1.54) is 38.2 Å². The van der Waals surface area contributed by atoms with E-state index >= 15 is 0 Å². The lowest BCUT2D eigenvalue weighted by molar-refractivity contribution is 0.411. The number of hydrogen-bond acceptors (Lipinski definition) is 2. The van der Waals surface area contributed by atoms with E-state index in [-0.39, 0.29) is 5.41 Å². The lowest BCUT2D eigenvalue weighted by Crippen LogP contribution is -2.09. The molecule has 0 aliphatic heterocycles. The molecule has 0 spiro atoms. The molecule has 2 heteroatoms. The summed E-state index contributed by atoms with van der Waals surface area (Å²) in [5, 5.41) is 7.21. The molecule has 0 radical (unpaired) electrons. The van der Waals surface area contributed by atoms with Crippen molar-refractivity contribution in [2.75, 3.05) is 0 Å². The first-order valence-electron chi connectivity index (χ1n) is 13.3. The molecule has 2 aromatic heterocycles. The molecule has 0 bridgehead atoms. The van der Waals surface area contributed by atoms with Crippen LogP contribution in [0.5, 0.6) is 0 Å². The summed E-state index contributed by atoms with van der Waals surface area (Å²) in [4.78, 5) is 4.77. The van der Waals surface area contributed by atoms with Crippen molar-refractivity contribution < 1.29 is 4.42 Å². The molecule has 2 heterocycles. The monoisotopic (exact) mass is 491 g/mol. The molecule has 7 aromatic rings. The summed E-state index contributed by atoms with van der Waals surface area (Å²) in [6, 6.07) is 36.9. The summed E-state index contributed by atoms with van der Waals surface area (Å²) < 4.78 is 6.62. The first kappa shape index (κ1) is 22.7. The first-order valence-corrected chi connectivity index (χ1v) is 13.3. The highest BCUT2D eigenvalue weighted by Gasteiger charge is 2.18. The SMILES string of the molecule is CC(C)(C)Cc1ccnc(-c2cc(-c3ccccc3)c3c(c2)oc2cc4c(ccc5ccccc54)cc23)c1. The number of rotatable bonds is 3. The number of hydrogen-bond donors (Lipinski definition) is 0. The van der Waals surface area contributed by atoms with Crippen molar-refractivity contribution in [1.29, 1.82) is 0 Å². The molecule has 5 aromatic carbocycles. The molecule has 0 fully saturated rings. The highest BCUT2D eigenvalue weighted by molar-refractivity contribution is 6.19. The van der Waals surface area contributed by atoms with Crippen LogP contribution in [0.4, 0.5) is 0 Å². The smallest absolute Gasteiger partial charge is 0.136 e. The molecular weight excluding hydrogens is 462 g/mol. The largest absolute Gasteiger partial charge is 0.456 e. The second-order valence-electron chi connectivity index (χ2n) is 11.5. The molecule has 184 valence electrons. The Balaban J connectivity index is 1.51. The van der Waals surface area contributed by atoms with E-state index in [0.29, 0.717) is 0 Å². The Hall–Kier alpha value is -4.43. The van der Waals surface area contributed by atoms with Crippen LogP contribution in [0.15, 0.2) is 114 Å². The van der Waals surface area contributed by atoms with Crippen molar-refractivity contribution in [3.05, 3.63) is 115 Å². The molecule has 0 N–H and O–H groups in total.